The molecule has 0 fully saturated rings. The number of aryl methyl sites for hydroxylation is 3. The Bertz CT molecular complexity index is 526. The molecule has 0 amide bonds. The molecular formula is C14H15BrOS. The minimum absolute atomic E-state index is 0.523. The fourth-order valence-corrected chi connectivity index (χ4v) is 3.39. The summed E-state index contributed by atoms with van der Waals surface area (Å²) in [4.78, 5) is 2.19. The monoisotopic (exact) mass is 310 g/mol. The van der Waals surface area contributed by atoms with Crippen LogP contribution in [0.15, 0.2) is 28.7 Å². The van der Waals surface area contributed by atoms with Crippen LogP contribution < -0.4 is 0 Å². The quantitative estimate of drug-likeness (QED) is 0.864. The van der Waals surface area contributed by atoms with Gasteiger partial charge in [0.15, 0.2) is 0 Å². The second-order valence-electron chi connectivity index (χ2n) is 4.32. The Morgan fingerprint density at radius 2 is 1.88 bits per heavy atom. The highest BCUT2D eigenvalue weighted by molar-refractivity contribution is 9.10. The van der Waals surface area contributed by atoms with Gasteiger partial charge in [-0.05, 0) is 53.9 Å². The van der Waals surface area contributed by atoms with E-state index in [2.05, 4.69) is 34.1 Å². The standard InChI is InChI=1S/C14H15BrOS/c1-8-4-5-9(2)11(6-8)14(16)13-7-12(15)10(3)17-13/h4-7,14,16H,1-3H3. The molecular weight excluding hydrogens is 296 g/mol. The van der Waals surface area contributed by atoms with Crippen molar-refractivity contribution in [2.75, 3.05) is 0 Å². The molecule has 1 aromatic heterocycles. The van der Waals surface area contributed by atoms with Crippen molar-refractivity contribution < 1.29 is 5.11 Å². The number of rotatable bonds is 2. The summed E-state index contributed by atoms with van der Waals surface area (Å²) in [6.07, 6.45) is -0.523. The third-order valence-corrected chi connectivity index (χ3v) is 5.06. The molecule has 0 aliphatic heterocycles. The van der Waals surface area contributed by atoms with Gasteiger partial charge in [-0.3, -0.25) is 0 Å². The van der Waals surface area contributed by atoms with Crippen LogP contribution in [0.3, 0.4) is 0 Å². The zero-order valence-electron chi connectivity index (χ0n) is 10.1. The molecule has 1 atom stereocenters. The Balaban J connectivity index is 2.42. The molecule has 0 bridgehead atoms. The molecule has 1 aromatic carbocycles. The van der Waals surface area contributed by atoms with Gasteiger partial charge in [-0.1, -0.05) is 23.8 Å². The molecule has 0 aliphatic rings. The van der Waals surface area contributed by atoms with E-state index < -0.39 is 6.10 Å². The first-order valence-electron chi connectivity index (χ1n) is 5.50. The molecule has 1 N–H and O–H groups in total. The van der Waals surface area contributed by atoms with Gasteiger partial charge in [-0.15, -0.1) is 11.3 Å². The third-order valence-electron chi connectivity index (χ3n) is 2.88. The van der Waals surface area contributed by atoms with Crippen molar-refractivity contribution in [3.05, 3.63) is 55.2 Å². The molecule has 0 saturated heterocycles. The first kappa shape index (κ1) is 12.8. The molecule has 1 unspecified atom stereocenters. The van der Waals surface area contributed by atoms with Crippen LogP contribution in [0, 0.1) is 20.8 Å². The van der Waals surface area contributed by atoms with E-state index in [0.29, 0.717) is 0 Å². The maximum absolute atomic E-state index is 10.4. The van der Waals surface area contributed by atoms with Crippen molar-refractivity contribution in [3.63, 3.8) is 0 Å². The summed E-state index contributed by atoms with van der Waals surface area (Å²) >= 11 is 5.12. The van der Waals surface area contributed by atoms with E-state index in [1.165, 1.54) is 10.4 Å². The van der Waals surface area contributed by atoms with Crippen LogP contribution in [0.25, 0.3) is 0 Å². The van der Waals surface area contributed by atoms with Gasteiger partial charge in [0.25, 0.3) is 0 Å². The smallest absolute Gasteiger partial charge is 0.113 e. The van der Waals surface area contributed by atoms with Gasteiger partial charge in [-0.25, -0.2) is 0 Å². The summed E-state index contributed by atoms with van der Waals surface area (Å²) in [6.45, 7) is 6.13. The van der Waals surface area contributed by atoms with Gasteiger partial charge >= 0.3 is 0 Å². The Morgan fingerprint density at radius 1 is 1.18 bits per heavy atom. The highest BCUT2D eigenvalue weighted by atomic mass is 79.9. The summed E-state index contributed by atoms with van der Waals surface area (Å²) < 4.78 is 1.07. The maximum atomic E-state index is 10.4. The normalized spacial score (nSPS) is 12.8. The summed E-state index contributed by atoms with van der Waals surface area (Å²) in [5, 5.41) is 10.4. The Labute approximate surface area is 114 Å². The zero-order chi connectivity index (χ0) is 12.6. The van der Waals surface area contributed by atoms with Crippen LogP contribution in [0.4, 0.5) is 0 Å². The molecule has 17 heavy (non-hydrogen) atoms. The van der Waals surface area contributed by atoms with Gasteiger partial charge in [0, 0.05) is 14.2 Å². The highest BCUT2D eigenvalue weighted by Crippen LogP contribution is 2.34. The lowest BCUT2D eigenvalue weighted by molar-refractivity contribution is 0.223. The molecule has 2 rings (SSSR count). The minimum atomic E-state index is -0.523. The molecule has 0 aliphatic carbocycles. The van der Waals surface area contributed by atoms with Crippen molar-refractivity contribution in [1.29, 1.82) is 0 Å². The van der Waals surface area contributed by atoms with Gasteiger partial charge in [0.05, 0.1) is 0 Å². The van der Waals surface area contributed by atoms with E-state index in [1.54, 1.807) is 11.3 Å². The van der Waals surface area contributed by atoms with Crippen molar-refractivity contribution in [2.24, 2.45) is 0 Å². The van der Waals surface area contributed by atoms with E-state index in [0.717, 1.165) is 20.5 Å². The summed E-state index contributed by atoms with van der Waals surface area (Å²) in [5.41, 5.74) is 3.31. The minimum Gasteiger partial charge on any atom is -0.383 e. The van der Waals surface area contributed by atoms with Crippen LogP contribution in [-0.4, -0.2) is 5.11 Å². The van der Waals surface area contributed by atoms with Crippen molar-refractivity contribution in [2.45, 2.75) is 26.9 Å². The van der Waals surface area contributed by atoms with E-state index in [-0.39, 0.29) is 0 Å². The van der Waals surface area contributed by atoms with Crippen LogP contribution >= 0.6 is 27.3 Å². The molecule has 0 spiro atoms. The van der Waals surface area contributed by atoms with Crippen molar-refractivity contribution in [3.8, 4) is 0 Å². The second kappa shape index (κ2) is 4.92. The first-order chi connectivity index (χ1) is 7.99. The lowest BCUT2D eigenvalue weighted by Crippen LogP contribution is -2.00. The number of halogens is 1. The van der Waals surface area contributed by atoms with Gasteiger partial charge in [-0.2, -0.15) is 0 Å². The molecule has 1 nitrogen and oxygen atoms in total. The van der Waals surface area contributed by atoms with E-state index in [1.807, 2.05) is 26.8 Å². The van der Waals surface area contributed by atoms with E-state index in [9.17, 15) is 5.11 Å². The lowest BCUT2D eigenvalue weighted by atomic mass is 10.00. The first-order valence-corrected chi connectivity index (χ1v) is 7.11. The zero-order valence-corrected chi connectivity index (χ0v) is 12.5. The van der Waals surface area contributed by atoms with Gasteiger partial charge < -0.3 is 5.11 Å². The predicted molar refractivity (Wildman–Crippen MR) is 76.7 cm³/mol. The highest BCUT2D eigenvalue weighted by Gasteiger charge is 2.16. The van der Waals surface area contributed by atoms with E-state index in [4.69, 9.17) is 0 Å². The van der Waals surface area contributed by atoms with Crippen LogP contribution in [-0.2, 0) is 0 Å². The fraction of sp³-hybridized carbons (Fsp3) is 0.286. The number of hydrogen-bond donors (Lipinski definition) is 1. The number of aliphatic hydroxyl groups is 1. The van der Waals surface area contributed by atoms with Crippen LogP contribution in [0.1, 0.15) is 32.5 Å². The Morgan fingerprint density at radius 3 is 2.47 bits per heavy atom. The molecule has 0 saturated carbocycles. The molecule has 3 heteroatoms. The molecule has 90 valence electrons. The fourth-order valence-electron chi connectivity index (χ4n) is 1.82. The van der Waals surface area contributed by atoms with Crippen molar-refractivity contribution in [1.82, 2.24) is 0 Å². The topological polar surface area (TPSA) is 20.2 Å². The lowest BCUT2D eigenvalue weighted by Gasteiger charge is -2.13. The number of hydrogen-bond acceptors (Lipinski definition) is 2. The Hall–Kier alpha value is -0.640. The third kappa shape index (κ3) is 2.62. The summed E-state index contributed by atoms with van der Waals surface area (Å²) in [5.74, 6) is 0. The van der Waals surface area contributed by atoms with Gasteiger partial charge in [0.1, 0.15) is 6.10 Å². The Kier molecular flexibility index (Phi) is 3.71. The van der Waals surface area contributed by atoms with Gasteiger partial charge in [0.2, 0.25) is 0 Å². The maximum Gasteiger partial charge on any atom is 0.113 e. The molecule has 0 radical (unpaired) electrons. The van der Waals surface area contributed by atoms with Crippen LogP contribution in [0.5, 0.6) is 0 Å². The van der Waals surface area contributed by atoms with Crippen molar-refractivity contribution >= 4 is 27.3 Å². The SMILES string of the molecule is Cc1ccc(C)c(C(O)c2cc(Br)c(C)s2)c1. The number of benzene rings is 1. The average molecular weight is 311 g/mol. The largest absolute Gasteiger partial charge is 0.383 e. The molecule has 2 aromatic rings. The summed E-state index contributed by atoms with van der Waals surface area (Å²) in [7, 11) is 0. The van der Waals surface area contributed by atoms with E-state index >= 15 is 0 Å². The number of aliphatic hydroxyl groups excluding tert-OH is 1. The average Bonchev–Trinajstić information content (AvgIpc) is 2.62. The summed E-state index contributed by atoms with van der Waals surface area (Å²) in [6, 6.07) is 8.19. The number of thiophene rings is 1. The molecule has 1 heterocycles. The second-order valence-corrected chi connectivity index (χ2v) is 6.46. The predicted octanol–water partition coefficient (Wildman–Crippen LogP) is 4.52. The van der Waals surface area contributed by atoms with Crippen LogP contribution in [0.2, 0.25) is 0 Å².